The van der Waals surface area contributed by atoms with Gasteiger partial charge in [-0.2, -0.15) is 0 Å². The van der Waals surface area contributed by atoms with Gasteiger partial charge in [0.25, 0.3) is 0 Å². The predicted molar refractivity (Wildman–Crippen MR) is 113 cm³/mol. The van der Waals surface area contributed by atoms with Gasteiger partial charge in [-0.05, 0) is 33.1 Å². The molecule has 7 nitrogen and oxygen atoms in total. The first-order valence-electron chi connectivity index (χ1n) is 8.78. The zero-order chi connectivity index (χ0) is 17.8. The molecule has 1 aliphatic heterocycles. The van der Waals surface area contributed by atoms with Crippen molar-refractivity contribution in [3.8, 4) is 0 Å². The van der Waals surface area contributed by atoms with Crippen molar-refractivity contribution < 1.29 is 17.9 Å². The number of rotatable bonds is 11. The first-order chi connectivity index (χ1) is 11.4. The van der Waals surface area contributed by atoms with E-state index in [4.69, 9.17) is 9.47 Å². The number of guanidine groups is 1. The third-order valence-corrected chi connectivity index (χ3v) is 4.72. The van der Waals surface area contributed by atoms with Crippen LogP contribution in [0.25, 0.3) is 0 Å². The van der Waals surface area contributed by atoms with Gasteiger partial charge in [0.1, 0.15) is 9.84 Å². The largest absolute Gasteiger partial charge is 0.381 e. The van der Waals surface area contributed by atoms with Crippen LogP contribution in [0.4, 0.5) is 0 Å². The number of halogens is 1. The zero-order valence-corrected chi connectivity index (χ0v) is 18.8. The van der Waals surface area contributed by atoms with Crippen LogP contribution in [-0.4, -0.2) is 71.9 Å². The van der Waals surface area contributed by atoms with E-state index in [-0.39, 0.29) is 35.8 Å². The summed E-state index contributed by atoms with van der Waals surface area (Å²) in [6, 6.07) is 0.0520. The van der Waals surface area contributed by atoms with E-state index in [1.807, 2.05) is 13.8 Å². The van der Waals surface area contributed by atoms with Crippen LogP contribution in [0.3, 0.4) is 0 Å². The highest BCUT2D eigenvalue weighted by molar-refractivity contribution is 14.0. The van der Waals surface area contributed by atoms with Gasteiger partial charge in [-0.25, -0.2) is 8.42 Å². The highest BCUT2D eigenvalue weighted by Gasteiger charge is 2.15. The van der Waals surface area contributed by atoms with Crippen molar-refractivity contribution in [1.29, 1.82) is 0 Å². The molecule has 1 aliphatic rings. The van der Waals surface area contributed by atoms with Crippen molar-refractivity contribution in [2.75, 3.05) is 51.5 Å². The lowest BCUT2D eigenvalue weighted by Crippen LogP contribution is -2.43. The van der Waals surface area contributed by atoms with Crippen LogP contribution in [0, 0.1) is 5.92 Å². The fraction of sp³-hybridized carbons (Fsp3) is 0.938. The Morgan fingerprint density at radius 2 is 2.20 bits per heavy atom. The average molecular weight is 491 g/mol. The number of nitrogens with one attached hydrogen (secondary N) is 2. The molecule has 2 unspecified atom stereocenters. The van der Waals surface area contributed by atoms with Crippen molar-refractivity contribution >= 4 is 39.8 Å². The molecule has 9 heteroatoms. The number of nitrogens with zero attached hydrogens (tertiary/aromatic N) is 1. The Balaban J connectivity index is 0.00000576. The van der Waals surface area contributed by atoms with Crippen LogP contribution < -0.4 is 10.6 Å². The topological polar surface area (TPSA) is 89.0 Å². The molecule has 0 aromatic heterocycles. The average Bonchev–Trinajstić information content (AvgIpc) is 3.01. The lowest BCUT2D eigenvalue weighted by atomic mass is 10.1. The second-order valence-corrected chi connectivity index (χ2v) is 8.64. The molecule has 0 spiro atoms. The smallest absolute Gasteiger partial charge is 0.191 e. The van der Waals surface area contributed by atoms with Gasteiger partial charge in [0.05, 0.1) is 19.0 Å². The van der Waals surface area contributed by atoms with Gasteiger partial charge in [0.15, 0.2) is 5.96 Å². The van der Waals surface area contributed by atoms with Gasteiger partial charge >= 0.3 is 0 Å². The summed E-state index contributed by atoms with van der Waals surface area (Å²) in [7, 11) is -2.93. The van der Waals surface area contributed by atoms with Gasteiger partial charge in [-0.3, -0.25) is 4.99 Å². The quantitative estimate of drug-likeness (QED) is 0.197. The van der Waals surface area contributed by atoms with Gasteiger partial charge in [-0.1, -0.05) is 0 Å². The standard InChI is InChI=1S/C16H33N3O4S.HI/c1-4-17-16(19-14(2)7-11-24(3,20)21)18-8-5-9-22-12-15-6-10-23-13-15;/h14-15H,4-13H2,1-3H3,(H2,17,18,19);1H. The second-order valence-electron chi connectivity index (χ2n) is 6.38. The Bertz CT molecular complexity index is 468. The molecule has 25 heavy (non-hydrogen) atoms. The Hall–Kier alpha value is -0.130. The molecule has 0 radical (unpaired) electrons. The molecule has 1 rings (SSSR count). The van der Waals surface area contributed by atoms with Crippen LogP contribution in [0.2, 0.25) is 0 Å². The summed E-state index contributed by atoms with van der Waals surface area (Å²) in [5.74, 6) is 1.45. The first-order valence-corrected chi connectivity index (χ1v) is 10.8. The molecule has 1 saturated heterocycles. The highest BCUT2D eigenvalue weighted by Crippen LogP contribution is 2.12. The molecule has 2 N–H and O–H groups in total. The summed E-state index contributed by atoms with van der Waals surface area (Å²) in [5.41, 5.74) is 0. The van der Waals surface area contributed by atoms with E-state index >= 15 is 0 Å². The maximum absolute atomic E-state index is 11.2. The summed E-state index contributed by atoms with van der Waals surface area (Å²) in [5, 5.41) is 6.42. The van der Waals surface area contributed by atoms with E-state index in [1.165, 1.54) is 6.26 Å². The molecule has 1 fully saturated rings. The minimum absolute atomic E-state index is 0. The van der Waals surface area contributed by atoms with Crippen LogP contribution in [-0.2, 0) is 19.3 Å². The summed E-state index contributed by atoms with van der Waals surface area (Å²) < 4.78 is 33.4. The third kappa shape index (κ3) is 13.7. The molecule has 2 atom stereocenters. The molecular formula is C16H34IN3O4S. The highest BCUT2D eigenvalue weighted by atomic mass is 127. The molecule has 0 saturated carbocycles. The molecule has 0 aromatic carbocycles. The Morgan fingerprint density at radius 1 is 1.44 bits per heavy atom. The molecule has 0 amide bonds. The minimum atomic E-state index is -2.93. The van der Waals surface area contributed by atoms with Crippen molar-refractivity contribution in [2.45, 2.75) is 39.2 Å². The SMILES string of the molecule is CCNC(=NCCCOCC1CCOC1)NC(C)CCS(C)(=O)=O.I. The van der Waals surface area contributed by atoms with Gasteiger partial charge in [0.2, 0.25) is 0 Å². The van der Waals surface area contributed by atoms with Crippen LogP contribution in [0.15, 0.2) is 4.99 Å². The number of hydrogen-bond acceptors (Lipinski definition) is 5. The van der Waals surface area contributed by atoms with Crippen LogP contribution in [0.5, 0.6) is 0 Å². The van der Waals surface area contributed by atoms with E-state index in [0.717, 1.165) is 45.2 Å². The van der Waals surface area contributed by atoms with Crippen LogP contribution in [0.1, 0.15) is 33.1 Å². The van der Waals surface area contributed by atoms with E-state index in [2.05, 4.69) is 15.6 Å². The van der Waals surface area contributed by atoms with E-state index in [0.29, 0.717) is 25.5 Å². The predicted octanol–water partition coefficient (Wildman–Crippen LogP) is 1.43. The second kappa shape index (κ2) is 14.0. The summed E-state index contributed by atoms with van der Waals surface area (Å²) in [4.78, 5) is 4.51. The van der Waals surface area contributed by atoms with Crippen molar-refractivity contribution in [2.24, 2.45) is 10.9 Å². The fourth-order valence-corrected chi connectivity index (χ4v) is 3.12. The maximum atomic E-state index is 11.2. The first kappa shape index (κ1) is 24.9. The van der Waals surface area contributed by atoms with Crippen molar-refractivity contribution in [3.63, 3.8) is 0 Å². The molecule has 1 heterocycles. The fourth-order valence-electron chi connectivity index (χ4n) is 2.34. The van der Waals surface area contributed by atoms with Crippen molar-refractivity contribution in [3.05, 3.63) is 0 Å². The van der Waals surface area contributed by atoms with Crippen LogP contribution >= 0.6 is 24.0 Å². The zero-order valence-electron chi connectivity index (χ0n) is 15.6. The Kier molecular flexibility index (Phi) is 13.9. The lowest BCUT2D eigenvalue weighted by molar-refractivity contribution is 0.0893. The number of sulfone groups is 1. The van der Waals surface area contributed by atoms with Gasteiger partial charge in [-0.15, -0.1) is 24.0 Å². The molecule has 0 aromatic rings. The van der Waals surface area contributed by atoms with E-state index in [1.54, 1.807) is 0 Å². The third-order valence-electron chi connectivity index (χ3n) is 3.74. The maximum Gasteiger partial charge on any atom is 0.191 e. The summed E-state index contributed by atoms with van der Waals surface area (Å²) >= 11 is 0. The lowest BCUT2D eigenvalue weighted by Gasteiger charge is -2.17. The van der Waals surface area contributed by atoms with Gasteiger partial charge in [0, 0.05) is 44.5 Å². The minimum Gasteiger partial charge on any atom is -0.381 e. The van der Waals surface area contributed by atoms with E-state index < -0.39 is 9.84 Å². The van der Waals surface area contributed by atoms with Crippen molar-refractivity contribution in [1.82, 2.24) is 10.6 Å². The number of ether oxygens (including phenoxy) is 2. The molecule has 0 aliphatic carbocycles. The molecular weight excluding hydrogens is 457 g/mol. The summed E-state index contributed by atoms with van der Waals surface area (Å²) in [6.45, 7) is 8.55. The Morgan fingerprint density at radius 3 is 2.80 bits per heavy atom. The number of hydrogen-bond donors (Lipinski definition) is 2. The Labute approximate surface area is 169 Å². The number of aliphatic imine (C=N–C) groups is 1. The normalized spacial score (nSPS) is 19.3. The molecule has 150 valence electrons. The van der Waals surface area contributed by atoms with Gasteiger partial charge < -0.3 is 20.1 Å². The molecule has 0 bridgehead atoms. The summed E-state index contributed by atoms with van der Waals surface area (Å²) in [6.07, 6.45) is 3.78. The van der Waals surface area contributed by atoms with E-state index in [9.17, 15) is 8.42 Å². The monoisotopic (exact) mass is 491 g/mol.